The molecule has 29 heavy (non-hydrogen) atoms. The maximum atomic E-state index is 5.66. The Morgan fingerprint density at radius 2 is 1.52 bits per heavy atom. The van der Waals surface area contributed by atoms with Crippen LogP contribution in [-0.4, -0.2) is 20.9 Å². The zero-order valence-corrected chi connectivity index (χ0v) is 18.8. The first kappa shape index (κ1) is 23.7. The molecule has 2 heterocycles. The number of nitrogens with zero attached hydrogens (tertiary/aromatic N) is 3. The van der Waals surface area contributed by atoms with Crippen molar-refractivity contribution >= 4 is 11.8 Å². The Balaban J connectivity index is 1.38. The fourth-order valence-electron chi connectivity index (χ4n) is 3.19. The predicted octanol–water partition coefficient (Wildman–Crippen LogP) is 7.87. The zero-order valence-electron chi connectivity index (χ0n) is 18.0. The molecule has 2 aromatic rings. The van der Waals surface area contributed by atoms with Crippen LogP contribution in [0.1, 0.15) is 90.4 Å². The Hall–Kier alpha value is -1.62. The molecule has 0 aliphatic carbocycles. The topological polar surface area (TPSA) is 51.8 Å². The second-order valence-electron chi connectivity index (χ2n) is 7.52. The van der Waals surface area contributed by atoms with Crippen molar-refractivity contribution in [2.75, 3.05) is 5.75 Å². The van der Waals surface area contributed by atoms with E-state index in [4.69, 9.17) is 4.42 Å². The van der Waals surface area contributed by atoms with E-state index in [2.05, 4.69) is 34.3 Å². The van der Waals surface area contributed by atoms with Gasteiger partial charge >= 0.3 is 0 Å². The Morgan fingerprint density at radius 3 is 2.21 bits per heavy atom. The number of aromatic nitrogens is 3. The molecule has 0 aromatic carbocycles. The summed E-state index contributed by atoms with van der Waals surface area (Å²) in [5, 5.41) is 8.81. The van der Waals surface area contributed by atoms with Crippen molar-refractivity contribution in [2.45, 2.75) is 95.6 Å². The largest absolute Gasteiger partial charge is 0.410 e. The first-order chi connectivity index (χ1) is 14.4. The van der Waals surface area contributed by atoms with E-state index in [0.717, 1.165) is 11.4 Å². The van der Waals surface area contributed by atoms with Gasteiger partial charge in [-0.2, -0.15) is 0 Å². The number of pyridine rings is 1. The fourth-order valence-corrected chi connectivity index (χ4v) is 3.95. The van der Waals surface area contributed by atoms with Crippen LogP contribution < -0.4 is 0 Å². The minimum absolute atomic E-state index is 0.498. The summed E-state index contributed by atoms with van der Waals surface area (Å²) < 4.78 is 5.66. The number of thioether (sulfide) groups is 1. The zero-order chi connectivity index (χ0) is 20.4. The minimum atomic E-state index is 0.498. The summed E-state index contributed by atoms with van der Waals surface area (Å²) in [5.74, 6) is 1.53. The summed E-state index contributed by atoms with van der Waals surface area (Å²) in [5.41, 5.74) is 0.730. The lowest BCUT2D eigenvalue weighted by Gasteiger charge is -2.00. The van der Waals surface area contributed by atoms with Crippen LogP contribution in [0.15, 0.2) is 46.2 Å². The van der Waals surface area contributed by atoms with Gasteiger partial charge in [0.05, 0.1) is 0 Å². The molecule has 0 amide bonds. The molecule has 0 radical (unpaired) electrons. The maximum Gasteiger partial charge on any atom is 0.276 e. The average molecular weight is 416 g/mol. The van der Waals surface area contributed by atoms with Crippen LogP contribution in [0.3, 0.4) is 0 Å². The van der Waals surface area contributed by atoms with Crippen LogP contribution >= 0.6 is 11.8 Å². The molecule has 0 atom stereocenters. The lowest BCUT2D eigenvalue weighted by molar-refractivity contribution is 0.464. The van der Waals surface area contributed by atoms with E-state index in [1.807, 2.05) is 18.2 Å². The molecule has 0 bridgehead atoms. The predicted molar refractivity (Wildman–Crippen MR) is 123 cm³/mol. The summed E-state index contributed by atoms with van der Waals surface area (Å²) in [4.78, 5) is 4.23. The van der Waals surface area contributed by atoms with Gasteiger partial charge in [0.2, 0.25) is 0 Å². The van der Waals surface area contributed by atoms with Gasteiger partial charge < -0.3 is 4.42 Å². The van der Waals surface area contributed by atoms with E-state index in [1.165, 1.54) is 83.5 Å². The minimum Gasteiger partial charge on any atom is -0.410 e. The molecular weight excluding hydrogens is 378 g/mol. The van der Waals surface area contributed by atoms with Crippen LogP contribution in [0.4, 0.5) is 0 Å². The maximum absolute atomic E-state index is 5.66. The van der Waals surface area contributed by atoms with Gasteiger partial charge in [-0.3, -0.25) is 4.98 Å². The van der Waals surface area contributed by atoms with Gasteiger partial charge in [0.1, 0.15) is 5.69 Å². The monoisotopic (exact) mass is 415 g/mol. The molecule has 2 aromatic heterocycles. The molecule has 0 fully saturated rings. The van der Waals surface area contributed by atoms with E-state index in [0.29, 0.717) is 11.1 Å². The Morgan fingerprint density at radius 1 is 0.828 bits per heavy atom. The molecule has 0 spiro atoms. The molecule has 160 valence electrons. The van der Waals surface area contributed by atoms with E-state index in [9.17, 15) is 0 Å². The van der Waals surface area contributed by atoms with Crippen molar-refractivity contribution in [1.82, 2.24) is 15.2 Å². The second-order valence-corrected chi connectivity index (χ2v) is 8.57. The summed E-state index contributed by atoms with van der Waals surface area (Å²) >= 11 is 1.64. The number of hydrogen-bond acceptors (Lipinski definition) is 5. The van der Waals surface area contributed by atoms with Crippen LogP contribution in [0.25, 0.3) is 11.6 Å². The first-order valence-electron chi connectivity index (χ1n) is 11.4. The quantitative estimate of drug-likeness (QED) is 0.149. The van der Waals surface area contributed by atoms with Crippen molar-refractivity contribution in [3.05, 3.63) is 36.5 Å². The highest BCUT2D eigenvalue weighted by molar-refractivity contribution is 7.99. The molecule has 5 heteroatoms. The van der Waals surface area contributed by atoms with E-state index in [1.54, 1.807) is 18.0 Å². The molecule has 0 aliphatic rings. The smallest absolute Gasteiger partial charge is 0.276 e. The van der Waals surface area contributed by atoms with E-state index >= 15 is 0 Å². The summed E-state index contributed by atoms with van der Waals surface area (Å²) in [6, 6.07) is 5.68. The van der Waals surface area contributed by atoms with Crippen molar-refractivity contribution in [3.8, 4) is 11.6 Å². The summed E-state index contributed by atoms with van der Waals surface area (Å²) in [7, 11) is 0. The van der Waals surface area contributed by atoms with Crippen LogP contribution in [-0.2, 0) is 0 Å². The van der Waals surface area contributed by atoms with E-state index < -0.39 is 0 Å². The van der Waals surface area contributed by atoms with Gasteiger partial charge in [0.25, 0.3) is 11.1 Å². The molecule has 0 saturated carbocycles. The Kier molecular flexibility index (Phi) is 13.2. The third kappa shape index (κ3) is 11.2. The average Bonchev–Trinajstić information content (AvgIpc) is 3.23. The molecule has 0 aliphatic heterocycles. The summed E-state index contributed by atoms with van der Waals surface area (Å²) in [6.45, 7) is 2.28. The number of hydrogen-bond donors (Lipinski definition) is 0. The molecule has 0 N–H and O–H groups in total. The van der Waals surface area contributed by atoms with Crippen molar-refractivity contribution < 1.29 is 4.42 Å². The van der Waals surface area contributed by atoms with Crippen molar-refractivity contribution in [1.29, 1.82) is 0 Å². The second kappa shape index (κ2) is 16.2. The number of unbranched alkanes of at least 4 members (excludes halogenated alkanes) is 11. The van der Waals surface area contributed by atoms with Gasteiger partial charge in [-0.25, -0.2) is 0 Å². The fraction of sp³-hybridized carbons (Fsp3) is 0.625. The normalized spacial score (nSPS) is 11.5. The standard InChI is InChI=1S/C24H37N3OS/c1-2-3-4-5-6-7-8-9-10-11-12-13-14-15-18-21-29-24-27-26-23(28-24)22-19-16-17-20-25-22/h9-10,16-17,19-20H,2-8,11-15,18,21H2,1H3. The summed E-state index contributed by atoms with van der Waals surface area (Å²) in [6.07, 6.45) is 23.8. The molecule has 2 rings (SSSR count). The van der Waals surface area contributed by atoms with Crippen molar-refractivity contribution in [2.24, 2.45) is 0 Å². The van der Waals surface area contributed by atoms with Crippen molar-refractivity contribution in [3.63, 3.8) is 0 Å². The molecule has 0 unspecified atom stereocenters. The highest BCUT2D eigenvalue weighted by Crippen LogP contribution is 2.22. The third-order valence-electron chi connectivity index (χ3n) is 4.92. The number of rotatable bonds is 17. The SMILES string of the molecule is CCCCCCCCC=CCCCCCCCSc1nnc(-c2ccccn2)o1. The van der Waals surface area contributed by atoms with Crippen LogP contribution in [0.2, 0.25) is 0 Å². The van der Waals surface area contributed by atoms with Gasteiger partial charge in [-0.1, -0.05) is 88.3 Å². The van der Waals surface area contributed by atoms with Crippen LogP contribution in [0, 0.1) is 0 Å². The van der Waals surface area contributed by atoms with Crippen LogP contribution in [0.5, 0.6) is 0 Å². The lowest BCUT2D eigenvalue weighted by Crippen LogP contribution is -1.83. The number of allylic oxidation sites excluding steroid dienone is 2. The highest BCUT2D eigenvalue weighted by Gasteiger charge is 2.09. The van der Waals surface area contributed by atoms with Gasteiger partial charge in [0.15, 0.2) is 0 Å². The third-order valence-corrected chi connectivity index (χ3v) is 5.83. The van der Waals surface area contributed by atoms with E-state index in [-0.39, 0.29) is 0 Å². The Bertz CT molecular complexity index is 657. The highest BCUT2D eigenvalue weighted by atomic mass is 32.2. The van der Waals surface area contributed by atoms with Gasteiger partial charge in [-0.05, 0) is 44.2 Å². The Labute approximate surface area is 181 Å². The first-order valence-corrected chi connectivity index (χ1v) is 12.4. The van der Waals surface area contributed by atoms with Gasteiger partial charge in [-0.15, -0.1) is 10.2 Å². The molecular formula is C24H37N3OS. The van der Waals surface area contributed by atoms with Gasteiger partial charge in [0, 0.05) is 11.9 Å². The molecule has 0 saturated heterocycles. The lowest BCUT2D eigenvalue weighted by atomic mass is 10.1. The molecule has 4 nitrogen and oxygen atoms in total.